The first-order valence-corrected chi connectivity index (χ1v) is 7.23. The summed E-state index contributed by atoms with van der Waals surface area (Å²) in [6.45, 7) is 0.839. The highest BCUT2D eigenvalue weighted by Crippen LogP contribution is 1.96. The first-order chi connectivity index (χ1) is 11.6. The predicted octanol–water partition coefficient (Wildman–Crippen LogP) is -4.70. The van der Waals surface area contributed by atoms with Gasteiger partial charge in [0.05, 0.1) is 19.1 Å². The van der Waals surface area contributed by atoms with Crippen molar-refractivity contribution in [1.82, 2.24) is 21.5 Å². The molecule has 0 fully saturated rings. The van der Waals surface area contributed by atoms with Crippen molar-refractivity contribution in [2.45, 2.75) is 37.6 Å². The van der Waals surface area contributed by atoms with Gasteiger partial charge in [0.2, 0.25) is 5.91 Å². The second kappa shape index (κ2) is 11.1. The highest BCUT2D eigenvalue weighted by Gasteiger charge is 2.28. The van der Waals surface area contributed by atoms with E-state index >= 15 is 0 Å². The molecule has 11 N–H and O–H groups in total. The molecule has 4 amide bonds. The summed E-state index contributed by atoms with van der Waals surface area (Å²) in [4.78, 5) is 45.7. The van der Waals surface area contributed by atoms with Crippen molar-refractivity contribution in [3.63, 3.8) is 0 Å². The van der Waals surface area contributed by atoms with Gasteiger partial charge >= 0.3 is 12.0 Å². The number of carboxylic acid groups (broad SMARTS) is 1. The van der Waals surface area contributed by atoms with Gasteiger partial charge in [-0.25, -0.2) is 15.0 Å². The van der Waals surface area contributed by atoms with Gasteiger partial charge in [0.1, 0.15) is 6.04 Å². The summed E-state index contributed by atoms with van der Waals surface area (Å²) in [7, 11) is 0. The van der Waals surface area contributed by atoms with Gasteiger partial charge in [-0.1, -0.05) is 0 Å². The van der Waals surface area contributed by atoms with Crippen LogP contribution in [-0.2, 0) is 14.4 Å². The van der Waals surface area contributed by atoms with Crippen molar-refractivity contribution < 1.29 is 34.5 Å². The fourth-order valence-corrected chi connectivity index (χ4v) is 1.56. The molecule has 13 nitrogen and oxygen atoms in total. The van der Waals surface area contributed by atoms with Crippen LogP contribution in [0, 0.1) is 0 Å². The summed E-state index contributed by atoms with van der Waals surface area (Å²) in [5.41, 5.74) is 15.0. The molecule has 0 spiro atoms. The first kappa shape index (κ1) is 22.5. The molecule has 0 aliphatic carbocycles. The third-order valence-corrected chi connectivity index (χ3v) is 2.87. The number of aliphatic hydroxyl groups excluding tert-OH is 2. The Labute approximate surface area is 143 Å². The number of nitrogens with one attached hydrogen (secondary N) is 4. The van der Waals surface area contributed by atoms with Crippen LogP contribution in [0.15, 0.2) is 0 Å². The van der Waals surface area contributed by atoms with E-state index in [1.807, 2.05) is 5.32 Å². The van der Waals surface area contributed by atoms with Gasteiger partial charge < -0.3 is 37.4 Å². The van der Waals surface area contributed by atoms with E-state index in [1.165, 1.54) is 0 Å². The minimum absolute atomic E-state index is 0.0147. The molecular formula is C12H24N6O7. The summed E-state index contributed by atoms with van der Waals surface area (Å²) < 4.78 is 0. The number of carboxylic acids is 1. The van der Waals surface area contributed by atoms with E-state index in [0.29, 0.717) is 0 Å². The zero-order valence-corrected chi connectivity index (χ0v) is 13.6. The number of hydrazine groups is 1. The second-order valence-electron chi connectivity index (χ2n) is 5.21. The third-order valence-electron chi connectivity index (χ3n) is 2.87. The van der Waals surface area contributed by atoms with Gasteiger partial charge in [-0.15, -0.1) is 0 Å². The Hall–Kier alpha value is -2.48. The number of rotatable bonds is 11. The largest absolute Gasteiger partial charge is 0.480 e. The predicted molar refractivity (Wildman–Crippen MR) is 83.6 cm³/mol. The number of amides is 4. The Balaban J connectivity index is 4.75. The summed E-state index contributed by atoms with van der Waals surface area (Å²) in [5, 5.41) is 31.0. The number of carbonyl (C=O) groups is 4. The maximum Gasteiger partial charge on any atom is 0.328 e. The van der Waals surface area contributed by atoms with Gasteiger partial charge in [0, 0.05) is 12.6 Å². The van der Waals surface area contributed by atoms with Crippen LogP contribution in [0.3, 0.4) is 0 Å². The number of aliphatic hydroxyl groups is 2. The Morgan fingerprint density at radius 1 is 1.16 bits per heavy atom. The molecule has 0 aromatic heterocycles. The van der Waals surface area contributed by atoms with E-state index in [4.69, 9.17) is 21.7 Å². The summed E-state index contributed by atoms with van der Waals surface area (Å²) in [6.07, 6.45) is -1.95. The molecular weight excluding hydrogens is 340 g/mol. The van der Waals surface area contributed by atoms with Gasteiger partial charge in [-0.2, -0.15) is 0 Å². The van der Waals surface area contributed by atoms with Crippen molar-refractivity contribution in [1.29, 1.82) is 0 Å². The topological polar surface area (TPSA) is 229 Å². The Morgan fingerprint density at radius 2 is 1.76 bits per heavy atom. The molecule has 0 bridgehead atoms. The van der Waals surface area contributed by atoms with Gasteiger partial charge in [-0.3, -0.25) is 15.0 Å². The van der Waals surface area contributed by atoms with E-state index in [0.717, 1.165) is 6.92 Å². The zero-order valence-electron chi connectivity index (χ0n) is 13.6. The number of hydrogen-bond acceptors (Lipinski definition) is 8. The van der Waals surface area contributed by atoms with Crippen molar-refractivity contribution >= 4 is 23.8 Å². The molecule has 0 aromatic rings. The van der Waals surface area contributed by atoms with Crippen LogP contribution in [0.4, 0.5) is 4.79 Å². The molecule has 4 atom stereocenters. The molecule has 25 heavy (non-hydrogen) atoms. The van der Waals surface area contributed by atoms with Crippen LogP contribution in [0.2, 0.25) is 0 Å². The lowest BCUT2D eigenvalue weighted by atomic mass is 10.1. The highest BCUT2D eigenvalue weighted by molar-refractivity contribution is 5.92. The Bertz CT molecular complexity index is 487. The number of primary amides is 1. The Kier molecular flexibility index (Phi) is 10.0. The number of aliphatic carboxylic acids is 1. The van der Waals surface area contributed by atoms with Crippen molar-refractivity contribution in [2.24, 2.45) is 11.5 Å². The van der Waals surface area contributed by atoms with E-state index in [2.05, 4.69) is 16.2 Å². The van der Waals surface area contributed by atoms with E-state index in [9.17, 15) is 24.3 Å². The lowest BCUT2D eigenvalue weighted by Gasteiger charge is -2.21. The molecule has 0 radical (unpaired) electrons. The van der Waals surface area contributed by atoms with Crippen LogP contribution in [0.5, 0.6) is 0 Å². The van der Waals surface area contributed by atoms with Gasteiger partial charge in [0.25, 0.3) is 5.91 Å². The molecule has 13 heteroatoms. The molecule has 0 saturated carbocycles. The monoisotopic (exact) mass is 364 g/mol. The summed E-state index contributed by atoms with van der Waals surface area (Å²) in [5.74, 6) is -3.22. The maximum absolute atomic E-state index is 11.9. The molecule has 0 aromatic carbocycles. The normalized spacial score (nSPS) is 15.4. The van der Waals surface area contributed by atoms with Crippen molar-refractivity contribution in [2.75, 3.05) is 13.2 Å². The standard InChI is InChI=1S/C12H24N6O7/c1-5(20)9(11(23)24)17-12(25)16-7(2-8(14)21)10(22)18-15-3-6(13)4-19/h5-7,9,15,19-20H,2-4,13H2,1H3,(H2,14,21)(H,18,22)(H,23,24)(H2,16,17,25). The lowest BCUT2D eigenvalue weighted by molar-refractivity contribution is -0.141. The quantitative estimate of drug-likeness (QED) is 0.160. The molecule has 0 rings (SSSR count). The van der Waals surface area contributed by atoms with E-state index in [-0.39, 0.29) is 13.2 Å². The van der Waals surface area contributed by atoms with Crippen LogP contribution in [0.25, 0.3) is 0 Å². The molecule has 0 saturated heterocycles. The molecule has 0 heterocycles. The first-order valence-electron chi connectivity index (χ1n) is 7.23. The number of urea groups is 1. The van der Waals surface area contributed by atoms with E-state index < -0.39 is 54.5 Å². The van der Waals surface area contributed by atoms with Crippen LogP contribution in [0.1, 0.15) is 13.3 Å². The average Bonchev–Trinajstić information content (AvgIpc) is 2.50. The maximum atomic E-state index is 11.9. The van der Waals surface area contributed by atoms with Crippen molar-refractivity contribution in [3.05, 3.63) is 0 Å². The van der Waals surface area contributed by atoms with Crippen LogP contribution >= 0.6 is 0 Å². The Morgan fingerprint density at radius 3 is 2.20 bits per heavy atom. The van der Waals surface area contributed by atoms with E-state index in [1.54, 1.807) is 0 Å². The fourth-order valence-electron chi connectivity index (χ4n) is 1.56. The number of carbonyl (C=O) groups excluding carboxylic acids is 3. The van der Waals surface area contributed by atoms with Crippen LogP contribution in [-0.4, -0.2) is 76.5 Å². The average molecular weight is 364 g/mol. The number of nitrogens with two attached hydrogens (primary N) is 2. The molecule has 0 aliphatic heterocycles. The van der Waals surface area contributed by atoms with Crippen LogP contribution < -0.4 is 33.0 Å². The SMILES string of the molecule is CC(O)C(NC(=O)NC(CC(N)=O)C(=O)NNCC(N)CO)C(=O)O. The molecule has 144 valence electrons. The summed E-state index contributed by atoms with van der Waals surface area (Å²) >= 11 is 0. The van der Waals surface area contributed by atoms with Crippen molar-refractivity contribution in [3.8, 4) is 0 Å². The fraction of sp³-hybridized carbons (Fsp3) is 0.667. The third kappa shape index (κ3) is 9.41. The zero-order chi connectivity index (χ0) is 19.6. The minimum Gasteiger partial charge on any atom is -0.480 e. The highest BCUT2D eigenvalue weighted by atomic mass is 16.4. The second-order valence-corrected chi connectivity index (χ2v) is 5.21. The lowest BCUT2D eigenvalue weighted by Crippen LogP contribution is -2.58. The smallest absolute Gasteiger partial charge is 0.328 e. The molecule has 0 aliphatic rings. The minimum atomic E-state index is -1.61. The van der Waals surface area contributed by atoms with Gasteiger partial charge in [0.15, 0.2) is 6.04 Å². The number of hydrogen-bond donors (Lipinski definition) is 9. The molecule has 4 unspecified atom stereocenters. The van der Waals surface area contributed by atoms with Gasteiger partial charge in [-0.05, 0) is 6.92 Å². The summed E-state index contributed by atoms with van der Waals surface area (Å²) in [6, 6.07) is -4.76.